The van der Waals surface area contributed by atoms with Crippen LogP contribution in [-0.2, 0) is 9.59 Å². The monoisotopic (exact) mass is 336 g/mol. The number of rotatable bonds is 7. The van der Waals surface area contributed by atoms with E-state index in [0.29, 0.717) is 25.7 Å². The van der Waals surface area contributed by atoms with E-state index >= 15 is 0 Å². The number of allylic oxidation sites excluding steroid dienone is 1. The maximum Gasteiger partial charge on any atom is 0.423 e. The van der Waals surface area contributed by atoms with E-state index in [2.05, 4.69) is 5.32 Å². The molecule has 0 saturated carbocycles. The zero-order chi connectivity index (χ0) is 17.8. The molecule has 0 aromatic rings. The molecule has 1 fully saturated rings. The zero-order valence-electron chi connectivity index (χ0n) is 12.5. The number of carbonyl (C=O) groups is 2. The van der Waals surface area contributed by atoms with Crippen LogP contribution < -0.4 is 11.1 Å². The molecule has 0 radical (unpaired) electrons. The summed E-state index contributed by atoms with van der Waals surface area (Å²) in [6, 6.07) is -0.532. The molecule has 0 spiro atoms. The van der Waals surface area contributed by atoms with Crippen molar-refractivity contribution in [2.45, 2.75) is 25.6 Å². The van der Waals surface area contributed by atoms with Gasteiger partial charge in [-0.1, -0.05) is 0 Å². The smallest absolute Gasteiger partial charge is 0.423 e. The Morgan fingerprint density at radius 1 is 1.52 bits per heavy atom. The van der Waals surface area contributed by atoms with Gasteiger partial charge in [-0.2, -0.15) is 13.2 Å². The number of alkyl halides is 3. The zero-order valence-corrected chi connectivity index (χ0v) is 12.5. The lowest BCUT2D eigenvalue weighted by atomic mass is 10.1. The van der Waals surface area contributed by atoms with E-state index in [1.165, 1.54) is 0 Å². The number of amides is 1. The maximum absolute atomic E-state index is 12.8. The van der Waals surface area contributed by atoms with Crippen molar-refractivity contribution in [3.63, 3.8) is 0 Å². The first-order chi connectivity index (χ1) is 10.6. The predicted molar refractivity (Wildman–Crippen MR) is 75.8 cm³/mol. The van der Waals surface area contributed by atoms with Crippen molar-refractivity contribution in [2.75, 3.05) is 19.6 Å². The highest BCUT2D eigenvalue weighted by Crippen LogP contribution is 2.27. The Labute approximate surface area is 130 Å². The molecule has 5 N–H and O–H groups in total. The molecule has 1 amide bonds. The summed E-state index contributed by atoms with van der Waals surface area (Å²) in [5.74, 6) is -3.06. The Morgan fingerprint density at radius 2 is 2.13 bits per heavy atom. The molecule has 130 valence electrons. The van der Waals surface area contributed by atoms with E-state index in [1.807, 2.05) is 0 Å². The van der Waals surface area contributed by atoms with Gasteiger partial charge in [-0.3, -0.25) is 9.59 Å². The van der Waals surface area contributed by atoms with Gasteiger partial charge in [0.25, 0.3) is 5.91 Å². The molecule has 1 aliphatic heterocycles. The first-order valence-corrected chi connectivity index (χ1v) is 6.89. The minimum atomic E-state index is -4.96. The maximum atomic E-state index is 12.8. The average molecular weight is 336 g/mol. The number of carbonyl (C=O) groups excluding carboxylic acids is 1. The molecule has 2 unspecified atom stereocenters. The molecule has 0 aromatic heterocycles. The number of nitrogens with two attached hydrogens (primary N) is 1. The van der Waals surface area contributed by atoms with Crippen LogP contribution >= 0.6 is 0 Å². The van der Waals surface area contributed by atoms with Crippen molar-refractivity contribution < 1.29 is 27.9 Å². The third-order valence-electron chi connectivity index (χ3n) is 3.50. The van der Waals surface area contributed by atoms with Crippen molar-refractivity contribution in [3.8, 4) is 0 Å². The van der Waals surface area contributed by atoms with E-state index in [0.717, 1.165) is 0 Å². The van der Waals surface area contributed by atoms with Crippen molar-refractivity contribution >= 4 is 18.1 Å². The number of likely N-dealkylation sites (tertiary alicyclic amines) is 1. The van der Waals surface area contributed by atoms with Crippen molar-refractivity contribution in [2.24, 2.45) is 11.7 Å². The molecule has 10 heteroatoms. The molecule has 23 heavy (non-hydrogen) atoms. The fraction of sp³-hybridized carbons (Fsp3) is 0.615. The number of nitrogens with one attached hydrogen (secondary N) is 2. The molecule has 7 nitrogen and oxygen atoms in total. The highest BCUT2D eigenvalue weighted by atomic mass is 19.4. The van der Waals surface area contributed by atoms with E-state index in [1.54, 1.807) is 11.8 Å². The van der Waals surface area contributed by atoms with Gasteiger partial charge in [0.2, 0.25) is 0 Å². The van der Waals surface area contributed by atoms with E-state index in [9.17, 15) is 22.8 Å². The quantitative estimate of drug-likeness (QED) is 0.394. The van der Waals surface area contributed by atoms with Gasteiger partial charge >= 0.3 is 12.1 Å². The minimum absolute atomic E-state index is 0.283. The number of primary amides is 1. The van der Waals surface area contributed by atoms with Gasteiger partial charge in [0.15, 0.2) is 0 Å². The lowest BCUT2D eigenvalue weighted by Crippen LogP contribution is -2.41. The largest absolute Gasteiger partial charge is 0.481 e. The average Bonchev–Trinajstić information content (AvgIpc) is 2.84. The number of hydrogen-bond donors (Lipinski definition) is 4. The Balaban J connectivity index is 2.77. The molecule has 0 aromatic carbocycles. The Hall–Kier alpha value is -2.10. The van der Waals surface area contributed by atoms with E-state index < -0.39 is 41.3 Å². The fourth-order valence-corrected chi connectivity index (χ4v) is 2.51. The number of halogens is 3. The van der Waals surface area contributed by atoms with Crippen molar-refractivity contribution in [1.82, 2.24) is 10.2 Å². The molecular weight excluding hydrogens is 317 g/mol. The second kappa shape index (κ2) is 7.44. The van der Waals surface area contributed by atoms with Crippen LogP contribution in [0.4, 0.5) is 13.2 Å². The molecule has 1 heterocycles. The molecular formula is C13H19F3N4O3. The van der Waals surface area contributed by atoms with Crippen molar-refractivity contribution in [3.05, 3.63) is 11.3 Å². The minimum Gasteiger partial charge on any atom is -0.481 e. The summed E-state index contributed by atoms with van der Waals surface area (Å²) in [5.41, 5.74) is 2.44. The summed E-state index contributed by atoms with van der Waals surface area (Å²) in [7, 11) is 0. The Kier molecular flexibility index (Phi) is 6.13. The number of carboxylic acid groups (broad SMARTS) is 1. The lowest BCUT2D eigenvalue weighted by Gasteiger charge is -2.24. The standard InChI is InChI=1S/C13H19F3N4O3/c1-7(5-20-3-2-8(6-20)12(22)23)19-9(4-17)10(11(18)21)13(14,15)16/h4,7-8,17,19H,2-3,5-6H2,1H3,(H2,18,21)(H,22,23)/b10-9-,17-4?. The molecule has 0 aliphatic carbocycles. The SMILES string of the molecule is CC(CN1CCC(C(=O)O)C1)N/C(C=N)=C(/C(N)=O)C(F)(F)F. The Morgan fingerprint density at radius 3 is 2.52 bits per heavy atom. The number of carboxylic acids is 1. The summed E-state index contributed by atoms with van der Waals surface area (Å²) in [4.78, 5) is 23.7. The summed E-state index contributed by atoms with van der Waals surface area (Å²) < 4.78 is 38.5. The van der Waals surface area contributed by atoms with Crippen LogP contribution in [0.15, 0.2) is 11.3 Å². The van der Waals surface area contributed by atoms with Crippen LogP contribution in [0.25, 0.3) is 0 Å². The first kappa shape index (κ1) is 18.9. The van der Waals surface area contributed by atoms with Crippen LogP contribution in [0.3, 0.4) is 0 Å². The number of hydrogen-bond acceptors (Lipinski definition) is 5. The number of aliphatic carboxylic acids is 1. The highest BCUT2D eigenvalue weighted by molar-refractivity contribution is 5.99. The summed E-state index contributed by atoms with van der Waals surface area (Å²) in [5, 5.41) is 18.5. The topological polar surface area (TPSA) is 120 Å². The van der Waals surface area contributed by atoms with Crippen LogP contribution in [0.5, 0.6) is 0 Å². The molecule has 0 bridgehead atoms. The van der Waals surface area contributed by atoms with Crippen LogP contribution in [0.1, 0.15) is 13.3 Å². The van der Waals surface area contributed by atoms with Gasteiger partial charge < -0.3 is 26.5 Å². The van der Waals surface area contributed by atoms with Crippen molar-refractivity contribution in [1.29, 1.82) is 5.41 Å². The van der Waals surface area contributed by atoms with Gasteiger partial charge in [0.05, 0.1) is 11.6 Å². The fourth-order valence-electron chi connectivity index (χ4n) is 2.51. The van der Waals surface area contributed by atoms with Gasteiger partial charge in [-0.05, 0) is 19.9 Å². The van der Waals surface area contributed by atoms with Crippen LogP contribution in [0, 0.1) is 11.3 Å². The Bertz CT molecular complexity index is 519. The van der Waals surface area contributed by atoms with Gasteiger partial charge in [-0.15, -0.1) is 0 Å². The highest BCUT2D eigenvalue weighted by Gasteiger charge is 2.40. The molecule has 1 saturated heterocycles. The first-order valence-electron chi connectivity index (χ1n) is 6.89. The normalized spacial score (nSPS) is 21.5. The van der Waals surface area contributed by atoms with E-state index in [-0.39, 0.29) is 6.54 Å². The second-order valence-electron chi connectivity index (χ2n) is 5.42. The molecule has 1 aliphatic rings. The van der Waals surface area contributed by atoms with E-state index in [4.69, 9.17) is 16.2 Å². The third-order valence-corrected chi connectivity index (χ3v) is 3.50. The molecule has 2 atom stereocenters. The summed E-state index contributed by atoms with van der Waals surface area (Å²) in [6.45, 7) is 2.69. The van der Waals surface area contributed by atoms with Gasteiger partial charge in [-0.25, -0.2) is 0 Å². The summed E-state index contributed by atoms with van der Waals surface area (Å²) >= 11 is 0. The van der Waals surface area contributed by atoms with Gasteiger partial charge in [0, 0.05) is 25.3 Å². The number of nitrogens with zero attached hydrogens (tertiary/aromatic N) is 1. The van der Waals surface area contributed by atoms with Crippen LogP contribution in [-0.4, -0.2) is 59.9 Å². The second-order valence-corrected chi connectivity index (χ2v) is 5.42. The summed E-state index contributed by atoms with van der Waals surface area (Å²) in [6.07, 6.45) is -4.09. The molecule has 1 rings (SSSR count). The third kappa shape index (κ3) is 5.23. The lowest BCUT2D eigenvalue weighted by molar-refractivity contribution is -0.141. The van der Waals surface area contributed by atoms with Gasteiger partial charge in [0.1, 0.15) is 5.57 Å². The van der Waals surface area contributed by atoms with Crippen LogP contribution in [0.2, 0.25) is 0 Å². The predicted octanol–water partition coefficient (Wildman–Crippen LogP) is 0.322.